The monoisotopic (exact) mass is 456 g/mol. The van der Waals surface area contributed by atoms with Crippen LogP contribution >= 0.6 is 0 Å². The second-order valence-corrected chi connectivity index (χ2v) is 9.36. The third-order valence-electron chi connectivity index (χ3n) is 4.99. The van der Waals surface area contributed by atoms with Gasteiger partial charge in [0.1, 0.15) is 19.0 Å². The van der Waals surface area contributed by atoms with Crippen LogP contribution in [0.15, 0.2) is 70.2 Å². The minimum absolute atomic E-state index is 0.0549. The van der Waals surface area contributed by atoms with E-state index in [2.05, 4.69) is 5.32 Å². The van der Waals surface area contributed by atoms with Crippen LogP contribution in [-0.4, -0.2) is 38.4 Å². The Labute approximate surface area is 186 Å². The van der Waals surface area contributed by atoms with Crippen molar-refractivity contribution in [3.8, 4) is 11.5 Å². The molecule has 2 aromatic carbocycles. The number of nitrogens with zero attached hydrogens (tertiary/aromatic N) is 1. The summed E-state index contributed by atoms with van der Waals surface area (Å²) in [7, 11) is -3.91. The molecule has 3 aromatic rings. The van der Waals surface area contributed by atoms with Crippen LogP contribution in [0.2, 0.25) is 0 Å². The van der Waals surface area contributed by atoms with Gasteiger partial charge in [0.15, 0.2) is 11.5 Å². The number of hydrogen-bond acceptors (Lipinski definition) is 6. The van der Waals surface area contributed by atoms with Crippen molar-refractivity contribution in [2.45, 2.75) is 24.9 Å². The molecule has 1 N–H and O–H groups in total. The maximum atomic E-state index is 13.2. The lowest BCUT2D eigenvalue weighted by molar-refractivity contribution is -0.121. The lowest BCUT2D eigenvalue weighted by Gasteiger charge is -2.21. The lowest BCUT2D eigenvalue weighted by atomic mass is 10.2. The van der Waals surface area contributed by atoms with E-state index in [1.54, 1.807) is 36.4 Å². The van der Waals surface area contributed by atoms with Gasteiger partial charge in [-0.25, -0.2) is 8.42 Å². The lowest BCUT2D eigenvalue weighted by Crippen LogP contribution is -2.40. The highest BCUT2D eigenvalue weighted by Crippen LogP contribution is 2.30. The van der Waals surface area contributed by atoms with E-state index in [1.165, 1.54) is 18.4 Å². The van der Waals surface area contributed by atoms with Crippen molar-refractivity contribution in [2.75, 3.05) is 19.8 Å². The van der Waals surface area contributed by atoms with Crippen molar-refractivity contribution in [3.63, 3.8) is 0 Å². The normalized spacial score (nSPS) is 13.2. The first-order valence-electron chi connectivity index (χ1n) is 10.2. The molecule has 0 unspecified atom stereocenters. The Morgan fingerprint density at radius 1 is 1.03 bits per heavy atom. The molecule has 9 heteroatoms. The summed E-state index contributed by atoms with van der Waals surface area (Å²) in [5.74, 6) is 1.31. The van der Waals surface area contributed by atoms with Crippen LogP contribution < -0.4 is 14.8 Å². The number of hydrogen-bond donors (Lipinski definition) is 1. The molecular weight excluding hydrogens is 432 g/mol. The third kappa shape index (κ3) is 5.12. The standard InChI is InChI=1S/C23H24N2O6S/c1-17-4-7-20(8-5-17)32(27,28)25(15-19-3-2-10-29-19)16-23(26)24-14-18-6-9-21-22(13-18)31-12-11-30-21/h2-10,13H,11-12,14-16H2,1H3,(H,24,26). The maximum absolute atomic E-state index is 13.2. The number of benzene rings is 2. The molecule has 0 radical (unpaired) electrons. The summed E-state index contributed by atoms with van der Waals surface area (Å²) in [6.45, 7) is 2.69. The van der Waals surface area contributed by atoms with Crippen LogP contribution in [0.1, 0.15) is 16.9 Å². The van der Waals surface area contributed by atoms with Gasteiger partial charge in [-0.15, -0.1) is 0 Å². The molecule has 0 atom stereocenters. The molecule has 4 rings (SSSR count). The van der Waals surface area contributed by atoms with E-state index in [0.717, 1.165) is 15.4 Å². The molecule has 1 aliphatic rings. The smallest absolute Gasteiger partial charge is 0.243 e. The molecule has 8 nitrogen and oxygen atoms in total. The predicted octanol–water partition coefficient (Wildman–Crippen LogP) is 2.87. The van der Waals surface area contributed by atoms with Gasteiger partial charge in [0.05, 0.1) is 24.2 Å². The first kappa shape index (κ1) is 21.9. The van der Waals surface area contributed by atoms with Crippen molar-refractivity contribution in [1.29, 1.82) is 0 Å². The number of sulfonamides is 1. The number of aryl methyl sites for hydroxylation is 1. The maximum Gasteiger partial charge on any atom is 0.243 e. The highest BCUT2D eigenvalue weighted by molar-refractivity contribution is 7.89. The largest absolute Gasteiger partial charge is 0.486 e. The molecule has 0 aliphatic carbocycles. The summed E-state index contributed by atoms with van der Waals surface area (Å²) >= 11 is 0. The molecule has 0 saturated heterocycles. The molecule has 1 amide bonds. The van der Waals surface area contributed by atoms with E-state index in [1.807, 2.05) is 13.0 Å². The van der Waals surface area contributed by atoms with Crippen LogP contribution in [0, 0.1) is 6.92 Å². The summed E-state index contributed by atoms with van der Waals surface area (Å²) < 4.78 is 43.9. The van der Waals surface area contributed by atoms with Crippen molar-refractivity contribution in [3.05, 3.63) is 77.7 Å². The Morgan fingerprint density at radius 2 is 1.78 bits per heavy atom. The number of ether oxygens (including phenoxy) is 2. The van der Waals surface area contributed by atoms with Crippen LogP contribution in [-0.2, 0) is 27.9 Å². The van der Waals surface area contributed by atoms with E-state index in [4.69, 9.17) is 13.9 Å². The van der Waals surface area contributed by atoms with E-state index in [-0.39, 0.29) is 24.5 Å². The van der Waals surface area contributed by atoms with Gasteiger partial charge in [0.25, 0.3) is 0 Å². The Morgan fingerprint density at radius 3 is 2.50 bits per heavy atom. The fraction of sp³-hybridized carbons (Fsp3) is 0.261. The summed E-state index contributed by atoms with van der Waals surface area (Å²) in [5.41, 5.74) is 1.76. The molecule has 0 fully saturated rings. The topological polar surface area (TPSA) is 98.1 Å². The van der Waals surface area contributed by atoms with Crippen molar-refractivity contribution < 1.29 is 27.1 Å². The van der Waals surface area contributed by atoms with Gasteiger partial charge in [-0.1, -0.05) is 23.8 Å². The minimum Gasteiger partial charge on any atom is -0.486 e. The zero-order chi connectivity index (χ0) is 22.6. The quantitative estimate of drug-likeness (QED) is 0.560. The summed E-state index contributed by atoms with van der Waals surface area (Å²) in [6, 6.07) is 15.3. The van der Waals surface area contributed by atoms with Crippen molar-refractivity contribution >= 4 is 15.9 Å². The van der Waals surface area contributed by atoms with E-state index in [9.17, 15) is 13.2 Å². The Kier molecular flexibility index (Phi) is 6.48. The second kappa shape index (κ2) is 9.46. The average Bonchev–Trinajstić information content (AvgIpc) is 3.31. The second-order valence-electron chi connectivity index (χ2n) is 7.42. The minimum atomic E-state index is -3.91. The van der Waals surface area contributed by atoms with Gasteiger partial charge >= 0.3 is 0 Å². The number of fused-ring (bicyclic) bond motifs is 1. The van der Waals surface area contributed by atoms with Gasteiger partial charge in [-0.2, -0.15) is 4.31 Å². The molecule has 1 aromatic heterocycles. The molecule has 2 heterocycles. The fourth-order valence-corrected chi connectivity index (χ4v) is 4.64. The summed E-state index contributed by atoms with van der Waals surface area (Å²) in [6.07, 6.45) is 1.47. The van der Waals surface area contributed by atoms with Crippen LogP contribution in [0.25, 0.3) is 0 Å². The predicted molar refractivity (Wildman–Crippen MR) is 117 cm³/mol. The van der Waals surface area contributed by atoms with Gasteiger partial charge in [-0.3, -0.25) is 4.79 Å². The number of nitrogens with one attached hydrogen (secondary N) is 1. The number of carbonyl (C=O) groups excluding carboxylic acids is 1. The molecule has 168 valence electrons. The van der Waals surface area contributed by atoms with Gasteiger partial charge in [0.2, 0.25) is 15.9 Å². The zero-order valence-corrected chi connectivity index (χ0v) is 18.4. The van der Waals surface area contributed by atoms with Crippen molar-refractivity contribution in [2.24, 2.45) is 0 Å². The molecule has 0 bridgehead atoms. The van der Waals surface area contributed by atoms with E-state index in [0.29, 0.717) is 30.5 Å². The SMILES string of the molecule is Cc1ccc(S(=O)(=O)N(CC(=O)NCc2ccc3c(c2)OCCO3)Cc2ccco2)cc1. The number of rotatable bonds is 8. The number of carbonyl (C=O) groups is 1. The van der Waals surface area contributed by atoms with E-state index < -0.39 is 15.9 Å². The first-order valence-corrected chi connectivity index (χ1v) is 11.6. The third-order valence-corrected chi connectivity index (χ3v) is 6.79. The molecule has 0 spiro atoms. The zero-order valence-electron chi connectivity index (χ0n) is 17.6. The fourth-order valence-electron chi connectivity index (χ4n) is 3.28. The van der Waals surface area contributed by atoms with Crippen molar-refractivity contribution in [1.82, 2.24) is 9.62 Å². The molecule has 32 heavy (non-hydrogen) atoms. The average molecular weight is 457 g/mol. The van der Waals surface area contributed by atoms with Crippen LogP contribution in [0.3, 0.4) is 0 Å². The number of amides is 1. The van der Waals surface area contributed by atoms with E-state index >= 15 is 0 Å². The summed E-state index contributed by atoms with van der Waals surface area (Å²) in [5, 5.41) is 2.78. The molecule has 1 aliphatic heterocycles. The van der Waals surface area contributed by atoms with Gasteiger partial charge < -0.3 is 19.2 Å². The van der Waals surface area contributed by atoms with Crippen LogP contribution in [0.4, 0.5) is 0 Å². The molecule has 0 saturated carbocycles. The van der Waals surface area contributed by atoms with Gasteiger partial charge in [0, 0.05) is 6.54 Å². The number of furan rings is 1. The van der Waals surface area contributed by atoms with Crippen LogP contribution in [0.5, 0.6) is 11.5 Å². The highest BCUT2D eigenvalue weighted by atomic mass is 32.2. The molecular formula is C23H24N2O6S. The first-order chi connectivity index (χ1) is 15.4. The Hall–Kier alpha value is -3.30. The summed E-state index contributed by atoms with van der Waals surface area (Å²) in [4.78, 5) is 12.8. The highest BCUT2D eigenvalue weighted by Gasteiger charge is 2.27. The van der Waals surface area contributed by atoms with Gasteiger partial charge in [-0.05, 0) is 48.9 Å². The Balaban J connectivity index is 1.46. The Bertz CT molecular complexity index is 1170.